The van der Waals surface area contributed by atoms with Crippen LogP contribution in [0, 0.1) is 6.92 Å². The molecule has 1 aliphatic heterocycles. The van der Waals surface area contributed by atoms with Crippen LogP contribution in [0.1, 0.15) is 30.9 Å². The molecule has 4 nitrogen and oxygen atoms in total. The zero-order valence-corrected chi connectivity index (χ0v) is 13.2. The number of hydrogen-bond donors (Lipinski definition) is 1. The largest absolute Gasteiger partial charge is 0.353 e. The van der Waals surface area contributed by atoms with E-state index in [-0.39, 0.29) is 17.9 Å². The predicted octanol–water partition coefficient (Wildman–Crippen LogP) is 2.32. The number of nitrogens with one attached hydrogen (secondary N) is 1. The number of carbonyl (C=O) groups is 2. The molecule has 0 saturated carbocycles. The van der Waals surface area contributed by atoms with Crippen molar-refractivity contribution in [3.05, 3.63) is 34.3 Å². The molecule has 0 aromatic heterocycles. The molecule has 1 heterocycles. The van der Waals surface area contributed by atoms with E-state index in [0.717, 1.165) is 16.1 Å². The Hall–Kier alpha value is -1.55. The molecule has 21 heavy (non-hydrogen) atoms. The highest BCUT2D eigenvalue weighted by molar-refractivity contribution is 6.31. The minimum atomic E-state index is -0.326. The summed E-state index contributed by atoms with van der Waals surface area (Å²) >= 11 is 6.09. The Labute approximate surface area is 130 Å². The van der Waals surface area contributed by atoms with Crippen molar-refractivity contribution in [1.29, 1.82) is 0 Å². The normalized spacial score (nSPS) is 18.5. The number of piperazine rings is 1. The minimum absolute atomic E-state index is 0.0356. The summed E-state index contributed by atoms with van der Waals surface area (Å²) in [6.07, 6.45) is 1.70. The Bertz CT molecular complexity index is 545. The van der Waals surface area contributed by atoms with Gasteiger partial charge in [-0.3, -0.25) is 9.59 Å². The molecular weight excluding hydrogens is 288 g/mol. The van der Waals surface area contributed by atoms with Crippen LogP contribution in [-0.4, -0.2) is 35.8 Å². The summed E-state index contributed by atoms with van der Waals surface area (Å²) in [5.41, 5.74) is 2.08. The smallest absolute Gasteiger partial charge is 0.242 e. The van der Waals surface area contributed by atoms with Crippen LogP contribution >= 0.6 is 11.6 Å². The van der Waals surface area contributed by atoms with Gasteiger partial charge in [0.15, 0.2) is 0 Å². The molecule has 5 heteroatoms. The van der Waals surface area contributed by atoms with Crippen LogP contribution in [0.2, 0.25) is 5.02 Å². The third-order valence-electron chi connectivity index (χ3n) is 3.90. The Balaban J connectivity index is 1.97. The van der Waals surface area contributed by atoms with E-state index < -0.39 is 0 Å². The molecule has 2 amide bonds. The van der Waals surface area contributed by atoms with Gasteiger partial charge in [0.1, 0.15) is 6.04 Å². The average molecular weight is 309 g/mol. The van der Waals surface area contributed by atoms with Crippen LogP contribution in [0.15, 0.2) is 18.2 Å². The van der Waals surface area contributed by atoms with Crippen LogP contribution in [-0.2, 0) is 16.0 Å². The van der Waals surface area contributed by atoms with Gasteiger partial charge in [-0.1, -0.05) is 30.7 Å². The van der Waals surface area contributed by atoms with Gasteiger partial charge in [-0.2, -0.15) is 0 Å². The molecule has 1 unspecified atom stereocenters. The zero-order chi connectivity index (χ0) is 15.4. The fourth-order valence-corrected chi connectivity index (χ4v) is 2.81. The summed E-state index contributed by atoms with van der Waals surface area (Å²) in [6, 6.07) is 5.54. The molecule has 1 aliphatic rings. The Kier molecular flexibility index (Phi) is 5.23. The summed E-state index contributed by atoms with van der Waals surface area (Å²) in [5, 5.41) is 3.53. The van der Waals surface area contributed by atoms with Crippen molar-refractivity contribution >= 4 is 23.4 Å². The first-order chi connectivity index (χ1) is 10.0. The van der Waals surface area contributed by atoms with Crippen molar-refractivity contribution < 1.29 is 9.59 Å². The molecule has 114 valence electrons. The lowest BCUT2D eigenvalue weighted by Gasteiger charge is -2.34. The molecule has 1 fully saturated rings. The molecule has 1 atom stereocenters. The SMILES string of the molecule is CCC1C(=O)NCCN1C(=O)CCc1ccc(C)c(Cl)c1. The van der Waals surface area contributed by atoms with Gasteiger partial charge in [0.2, 0.25) is 11.8 Å². The summed E-state index contributed by atoms with van der Waals surface area (Å²) in [7, 11) is 0. The molecular formula is C16H21ClN2O2. The highest BCUT2D eigenvalue weighted by Gasteiger charge is 2.30. The average Bonchev–Trinajstić information content (AvgIpc) is 2.48. The third-order valence-corrected chi connectivity index (χ3v) is 4.31. The van der Waals surface area contributed by atoms with Gasteiger partial charge in [0.25, 0.3) is 0 Å². The summed E-state index contributed by atoms with van der Waals surface area (Å²) < 4.78 is 0. The van der Waals surface area contributed by atoms with Crippen molar-refractivity contribution in [2.75, 3.05) is 13.1 Å². The van der Waals surface area contributed by atoms with Crippen LogP contribution < -0.4 is 5.32 Å². The van der Waals surface area contributed by atoms with Crippen LogP contribution in [0.3, 0.4) is 0 Å². The second-order valence-corrected chi connectivity index (χ2v) is 5.79. The summed E-state index contributed by atoms with van der Waals surface area (Å²) in [5.74, 6) is -0.0103. The van der Waals surface area contributed by atoms with Crippen molar-refractivity contribution in [3.8, 4) is 0 Å². The Morgan fingerprint density at radius 2 is 2.24 bits per heavy atom. The first kappa shape index (κ1) is 15.8. The van der Waals surface area contributed by atoms with E-state index in [0.29, 0.717) is 32.4 Å². The maximum absolute atomic E-state index is 12.4. The molecule has 1 aromatic carbocycles. The maximum atomic E-state index is 12.4. The Morgan fingerprint density at radius 3 is 2.90 bits per heavy atom. The van der Waals surface area contributed by atoms with E-state index in [2.05, 4.69) is 5.32 Å². The van der Waals surface area contributed by atoms with E-state index in [1.807, 2.05) is 32.0 Å². The first-order valence-corrected chi connectivity index (χ1v) is 7.73. The van der Waals surface area contributed by atoms with E-state index in [9.17, 15) is 9.59 Å². The van der Waals surface area contributed by atoms with E-state index in [1.165, 1.54) is 0 Å². The fraction of sp³-hybridized carbons (Fsp3) is 0.500. The number of halogens is 1. The second-order valence-electron chi connectivity index (χ2n) is 5.39. The van der Waals surface area contributed by atoms with Crippen molar-refractivity contribution in [3.63, 3.8) is 0 Å². The van der Waals surface area contributed by atoms with Crippen molar-refractivity contribution in [2.24, 2.45) is 0 Å². The quantitative estimate of drug-likeness (QED) is 0.928. The molecule has 0 spiro atoms. The molecule has 0 bridgehead atoms. The summed E-state index contributed by atoms with van der Waals surface area (Å²) in [4.78, 5) is 25.8. The number of benzene rings is 1. The summed E-state index contributed by atoms with van der Waals surface area (Å²) in [6.45, 7) is 5.01. The van der Waals surface area contributed by atoms with E-state index in [4.69, 9.17) is 11.6 Å². The highest BCUT2D eigenvalue weighted by atomic mass is 35.5. The molecule has 1 aromatic rings. The standard InChI is InChI=1S/C16H21ClN2O2/c1-3-14-16(21)18-8-9-19(14)15(20)7-6-12-5-4-11(2)13(17)10-12/h4-5,10,14H,3,6-9H2,1-2H3,(H,18,21). The van der Waals surface area contributed by atoms with Gasteiger partial charge in [0.05, 0.1) is 0 Å². The van der Waals surface area contributed by atoms with Gasteiger partial charge >= 0.3 is 0 Å². The van der Waals surface area contributed by atoms with Gasteiger partial charge < -0.3 is 10.2 Å². The third kappa shape index (κ3) is 3.76. The Morgan fingerprint density at radius 1 is 1.48 bits per heavy atom. The number of hydrogen-bond acceptors (Lipinski definition) is 2. The highest BCUT2D eigenvalue weighted by Crippen LogP contribution is 2.18. The number of carbonyl (C=O) groups excluding carboxylic acids is 2. The van der Waals surface area contributed by atoms with Gasteiger partial charge in [-0.25, -0.2) is 0 Å². The molecule has 1 saturated heterocycles. The molecule has 1 N–H and O–H groups in total. The minimum Gasteiger partial charge on any atom is -0.353 e. The van der Waals surface area contributed by atoms with Gasteiger partial charge in [-0.15, -0.1) is 0 Å². The monoisotopic (exact) mass is 308 g/mol. The lowest BCUT2D eigenvalue weighted by atomic mass is 10.1. The topological polar surface area (TPSA) is 49.4 Å². The van der Waals surface area contributed by atoms with Gasteiger partial charge in [0, 0.05) is 24.5 Å². The lowest BCUT2D eigenvalue weighted by Crippen LogP contribution is -2.56. The first-order valence-electron chi connectivity index (χ1n) is 7.35. The molecule has 2 rings (SSSR count). The van der Waals surface area contributed by atoms with Crippen LogP contribution in [0.25, 0.3) is 0 Å². The number of nitrogens with zero attached hydrogens (tertiary/aromatic N) is 1. The van der Waals surface area contributed by atoms with Crippen LogP contribution in [0.5, 0.6) is 0 Å². The fourth-order valence-electron chi connectivity index (χ4n) is 2.61. The van der Waals surface area contributed by atoms with E-state index in [1.54, 1.807) is 4.90 Å². The van der Waals surface area contributed by atoms with E-state index >= 15 is 0 Å². The number of rotatable bonds is 4. The maximum Gasteiger partial charge on any atom is 0.242 e. The predicted molar refractivity (Wildman–Crippen MR) is 83.3 cm³/mol. The van der Waals surface area contributed by atoms with Gasteiger partial charge in [-0.05, 0) is 37.0 Å². The number of amides is 2. The van der Waals surface area contributed by atoms with Crippen LogP contribution in [0.4, 0.5) is 0 Å². The number of aryl methyl sites for hydroxylation is 2. The van der Waals surface area contributed by atoms with Crippen molar-refractivity contribution in [2.45, 2.75) is 39.2 Å². The molecule has 0 aliphatic carbocycles. The van der Waals surface area contributed by atoms with Crippen molar-refractivity contribution in [1.82, 2.24) is 10.2 Å². The lowest BCUT2D eigenvalue weighted by molar-refractivity contribution is -0.143. The second kappa shape index (κ2) is 6.94. The zero-order valence-electron chi connectivity index (χ0n) is 12.5. The molecule has 0 radical (unpaired) electrons.